The molecule has 1 N–H and O–H groups in total. The number of ether oxygens (including phenoxy) is 3. The Morgan fingerprint density at radius 2 is 1.90 bits per heavy atom. The van der Waals surface area contributed by atoms with Crippen LogP contribution in [0.1, 0.15) is 63.4 Å². The minimum absolute atomic E-state index is 0.0111. The second-order valence-corrected chi connectivity index (χ2v) is 8.51. The topological polar surface area (TPSA) is 68.2 Å². The maximum absolute atomic E-state index is 13.4. The monoisotopic (exact) mass is 431 g/mol. The van der Waals surface area contributed by atoms with E-state index in [4.69, 9.17) is 14.2 Å². The van der Waals surface area contributed by atoms with Crippen molar-refractivity contribution in [1.82, 2.24) is 4.90 Å². The van der Waals surface area contributed by atoms with Crippen LogP contribution in [-0.4, -0.2) is 55.6 Å². The third-order valence-corrected chi connectivity index (χ3v) is 6.57. The molecule has 172 valence electrons. The molecule has 1 aromatic rings. The SMILES string of the molecule is CCO[C@@H]1OC(C(=O)N(C)C2CCCCC2)=C[C@H](c2ccc(OC)cc2)[C@H]1CCCO. The lowest BCUT2D eigenvalue weighted by atomic mass is 9.80. The maximum atomic E-state index is 13.4. The highest BCUT2D eigenvalue weighted by Gasteiger charge is 2.39. The van der Waals surface area contributed by atoms with Crippen LogP contribution in [0.4, 0.5) is 0 Å². The lowest BCUT2D eigenvalue weighted by Gasteiger charge is -2.39. The minimum Gasteiger partial charge on any atom is -0.497 e. The first kappa shape index (κ1) is 23.6. The van der Waals surface area contributed by atoms with E-state index < -0.39 is 6.29 Å². The molecular weight excluding hydrogens is 394 g/mol. The normalized spacial score (nSPS) is 24.3. The Hall–Kier alpha value is -2.05. The quantitative estimate of drug-likeness (QED) is 0.634. The number of aliphatic hydroxyl groups excluding tert-OH is 1. The average molecular weight is 432 g/mol. The van der Waals surface area contributed by atoms with Gasteiger partial charge in [0.1, 0.15) is 5.75 Å². The summed E-state index contributed by atoms with van der Waals surface area (Å²) in [6.45, 7) is 2.54. The summed E-state index contributed by atoms with van der Waals surface area (Å²) in [6.07, 6.45) is 8.52. The first-order valence-corrected chi connectivity index (χ1v) is 11.6. The highest BCUT2D eigenvalue weighted by molar-refractivity contribution is 5.91. The summed E-state index contributed by atoms with van der Waals surface area (Å²) in [5.41, 5.74) is 1.09. The van der Waals surface area contributed by atoms with Crippen molar-refractivity contribution in [1.29, 1.82) is 0 Å². The van der Waals surface area contributed by atoms with E-state index in [0.717, 1.165) is 30.6 Å². The number of aliphatic hydroxyl groups is 1. The predicted molar refractivity (Wildman–Crippen MR) is 120 cm³/mol. The Labute approximate surface area is 186 Å². The molecule has 3 atom stereocenters. The number of likely N-dealkylation sites (N-methyl/N-ethyl adjacent to an activating group) is 1. The van der Waals surface area contributed by atoms with Crippen LogP contribution >= 0.6 is 0 Å². The second-order valence-electron chi connectivity index (χ2n) is 8.51. The van der Waals surface area contributed by atoms with Crippen molar-refractivity contribution in [3.8, 4) is 5.75 Å². The fourth-order valence-electron chi connectivity index (χ4n) is 4.77. The molecule has 2 aliphatic rings. The first-order valence-electron chi connectivity index (χ1n) is 11.6. The Morgan fingerprint density at radius 3 is 2.52 bits per heavy atom. The zero-order valence-corrected chi connectivity index (χ0v) is 19.1. The molecule has 1 saturated carbocycles. The molecule has 0 spiro atoms. The summed E-state index contributed by atoms with van der Waals surface area (Å²) in [5.74, 6) is 1.06. The summed E-state index contributed by atoms with van der Waals surface area (Å²) in [6, 6.07) is 8.21. The number of carbonyl (C=O) groups is 1. The van der Waals surface area contributed by atoms with E-state index in [9.17, 15) is 9.90 Å². The van der Waals surface area contributed by atoms with Gasteiger partial charge in [-0.1, -0.05) is 31.4 Å². The standard InChI is InChI=1S/C25H37NO5/c1-4-30-25-21(11-8-16-27)22(18-12-14-20(29-3)15-13-18)17-23(31-25)24(28)26(2)19-9-6-5-7-10-19/h12-15,17,19,21-22,25,27H,4-11,16H2,1-3H3/t21-,22-,25-/m1/s1. The van der Waals surface area contributed by atoms with Gasteiger partial charge in [-0.25, -0.2) is 0 Å². The van der Waals surface area contributed by atoms with Gasteiger partial charge in [0, 0.05) is 38.1 Å². The summed E-state index contributed by atoms with van der Waals surface area (Å²) in [4.78, 5) is 15.2. The average Bonchev–Trinajstić information content (AvgIpc) is 2.82. The Morgan fingerprint density at radius 1 is 1.19 bits per heavy atom. The molecule has 0 aromatic heterocycles. The largest absolute Gasteiger partial charge is 0.497 e. The molecule has 0 saturated heterocycles. The molecule has 0 unspecified atom stereocenters. The van der Waals surface area contributed by atoms with Crippen LogP contribution in [0.25, 0.3) is 0 Å². The van der Waals surface area contributed by atoms with Crippen molar-refractivity contribution in [2.75, 3.05) is 27.4 Å². The number of amides is 1. The van der Waals surface area contributed by atoms with Crippen molar-refractivity contribution >= 4 is 5.91 Å². The van der Waals surface area contributed by atoms with Crippen LogP contribution in [0.3, 0.4) is 0 Å². The maximum Gasteiger partial charge on any atom is 0.288 e. The van der Waals surface area contributed by atoms with Gasteiger partial charge < -0.3 is 24.2 Å². The van der Waals surface area contributed by atoms with Gasteiger partial charge in [-0.15, -0.1) is 0 Å². The molecule has 1 amide bonds. The van der Waals surface area contributed by atoms with Gasteiger partial charge in [-0.2, -0.15) is 0 Å². The van der Waals surface area contributed by atoms with Crippen LogP contribution in [0.2, 0.25) is 0 Å². The van der Waals surface area contributed by atoms with Gasteiger partial charge in [0.15, 0.2) is 5.76 Å². The van der Waals surface area contributed by atoms with Gasteiger partial charge in [0.25, 0.3) is 5.91 Å². The highest BCUT2D eigenvalue weighted by atomic mass is 16.7. The lowest BCUT2D eigenvalue weighted by Crippen LogP contribution is -2.43. The van der Waals surface area contributed by atoms with Gasteiger partial charge in [0.2, 0.25) is 6.29 Å². The number of carbonyl (C=O) groups excluding carboxylic acids is 1. The number of allylic oxidation sites excluding steroid dienone is 1. The third kappa shape index (κ3) is 5.80. The van der Waals surface area contributed by atoms with Crippen LogP contribution < -0.4 is 4.74 Å². The van der Waals surface area contributed by atoms with E-state index in [1.165, 1.54) is 19.3 Å². The smallest absolute Gasteiger partial charge is 0.288 e. The van der Waals surface area contributed by atoms with Gasteiger partial charge in [0.05, 0.1) is 7.11 Å². The number of rotatable bonds is 9. The molecule has 1 fully saturated rings. The molecule has 1 heterocycles. The molecule has 6 nitrogen and oxygen atoms in total. The molecule has 1 aliphatic heterocycles. The number of nitrogens with zero attached hydrogens (tertiary/aromatic N) is 1. The summed E-state index contributed by atoms with van der Waals surface area (Å²) in [7, 11) is 3.54. The fraction of sp³-hybridized carbons (Fsp3) is 0.640. The van der Waals surface area contributed by atoms with Crippen molar-refractivity contribution < 1.29 is 24.1 Å². The summed E-state index contributed by atoms with van der Waals surface area (Å²) >= 11 is 0. The molecule has 6 heteroatoms. The minimum atomic E-state index is -0.521. The molecule has 1 aromatic carbocycles. The van der Waals surface area contributed by atoms with Crippen molar-refractivity contribution in [3.63, 3.8) is 0 Å². The Balaban J connectivity index is 1.91. The predicted octanol–water partition coefficient (Wildman–Crippen LogP) is 4.24. The lowest BCUT2D eigenvalue weighted by molar-refractivity contribution is -0.170. The number of hydrogen-bond acceptors (Lipinski definition) is 5. The van der Waals surface area contributed by atoms with Gasteiger partial charge in [-0.3, -0.25) is 4.79 Å². The zero-order valence-electron chi connectivity index (χ0n) is 19.1. The number of methoxy groups -OCH3 is 1. The van der Waals surface area contributed by atoms with Crippen LogP contribution in [0.5, 0.6) is 5.75 Å². The van der Waals surface area contributed by atoms with Crippen LogP contribution in [0, 0.1) is 5.92 Å². The van der Waals surface area contributed by atoms with E-state index >= 15 is 0 Å². The molecule has 3 rings (SSSR count). The van der Waals surface area contributed by atoms with Crippen molar-refractivity contribution in [3.05, 3.63) is 41.7 Å². The fourth-order valence-corrected chi connectivity index (χ4v) is 4.77. The van der Waals surface area contributed by atoms with E-state index in [-0.39, 0.29) is 30.4 Å². The number of benzene rings is 1. The Bertz CT molecular complexity index is 726. The van der Waals surface area contributed by atoms with Gasteiger partial charge >= 0.3 is 0 Å². The number of hydrogen-bond donors (Lipinski definition) is 1. The van der Waals surface area contributed by atoms with E-state index in [0.29, 0.717) is 18.8 Å². The summed E-state index contributed by atoms with van der Waals surface area (Å²) < 4.78 is 17.4. The summed E-state index contributed by atoms with van der Waals surface area (Å²) in [5, 5.41) is 9.42. The second kappa shape index (κ2) is 11.5. The van der Waals surface area contributed by atoms with E-state index in [1.54, 1.807) is 7.11 Å². The van der Waals surface area contributed by atoms with Crippen molar-refractivity contribution in [2.45, 2.75) is 70.1 Å². The molecule has 31 heavy (non-hydrogen) atoms. The molecular formula is C25H37NO5. The zero-order chi connectivity index (χ0) is 22.2. The first-order chi connectivity index (χ1) is 15.1. The van der Waals surface area contributed by atoms with E-state index in [2.05, 4.69) is 0 Å². The Kier molecular flexibility index (Phi) is 8.79. The molecule has 0 radical (unpaired) electrons. The van der Waals surface area contributed by atoms with Crippen molar-refractivity contribution in [2.24, 2.45) is 5.92 Å². The molecule has 1 aliphatic carbocycles. The van der Waals surface area contributed by atoms with Crippen LogP contribution in [0.15, 0.2) is 36.1 Å². The van der Waals surface area contributed by atoms with E-state index in [1.807, 2.05) is 49.2 Å². The third-order valence-electron chi connectivity index (χ3n) is 6.57. The van der Waals surface area contributed by atoms with Crippen LogP contribution in [-0.2, 0) is 14.3 Å². The molecule has 0 bridgehead atoms. The highest BCUT2D eigenvalue weighted by Crippen LogP contribution is 2.40. The van der Waals surface area contributed by atoms with Gasteiger partial charge in [-0.05, 0) is 56.4 Å².